The Balaban J connectivity index is 1.79. The molecular weight excluding hydrogens is 417 g/mol. The van der Waals surface area contributed by atoms with Gasteiger partial charge < -0.3 is 5.32 Å². The number of rotatable bonds is 3. The lowest BCUT2D eigenvalue weighted by molar-refractivity contribution is -0.383. The molecule has 0 aliphatic carbocycles. The van der Waals surface area contributed by atoms with Crippen molar-refractivity contribution in [1.82, 2.24) is 5.32 Å². The molecule has 132 valence electrons. The van der Waals surface area contributed by atoms with Crippen LogP contribution in [0.4, 0.5) is 11.4 Å². The maximum absolute atomic E-state index is 12.4. The molecule has 0 aliphatic rings. The number of carbonyl (C=O) groups is 1. The molecule has 2 N–H and O–H groups in total. The van der Waals surface area contributed by atoms with E-state index in [1.54, 1.807) is 0 Å². The first-order chi connectivity index (χ1) is 12.4. The number of nitro groups is 1. The van der Waals surface area contributed by atoms with Crippen molar-refractivity contribution >= 4 is 79.2 Å². The number of hydrogen-bond donors (Lipinski definition) is 2. The van der Waals surface area contributed by atoms with E-state index in [0.717, 1.165) is 10.1 Å². The van der Waals surface area contributed by atoms with Gasteiger partial charge in [0.15, 0.2) is 5.11 Å². The lowest BCUT2D eigenvalue weighted by Gasteiger charge is -2.09. The number of benzene rings is 2. The predicted molar refractivity (Wildman–Crippen MR) is 109 cm³/mol. The van der Waals surface area contributed by atoms with Gasteiger partial charge in [-0.15, -0.1) is 11.3 Å². The second kappa shape index (κ2) is 7.55. The first-order valence-electron chi connectivity index (χ1n) is 7.10. The molecule has 6 nitrogen and oxygen atoms in total. The number of amides is 1. The number of halogens is 2. The Kier molecular flexibility index (Phi) is 5.38. The van der Waals surface area contributed by atoms with Crippen LogP contribution < -0.4 is 10.6 Å². The van der Waals surface area contributed by atoms with E-state index in [2.05, 4.69) is 10.6 Å². The van der Waals surface area contributed by atoms with Gasteiger partial charge in [0.05, 0.1) is 9.95 Å². The minimum absolute atomic E-state index is 0.0889. The summed E-state index contributed by atoms with van der Waals surface area (Å²) in [5.41, 5.74) is -0.138. The van der Waals surface area contributed by atoms with E-state index < -0.39 is 10.8 Å². The van der Waals surface area contributed by atoms with Crippen LogP contribution in [0.3, 0.4) is 0 Å². The molecule has 0 bridgehead atoms. The van der Waals surface area contributed by atoms with Gasteiger partial charge in [0, 0.05) is 21.2 Å². The second-order valence-electron chi connectivity index (χ2n) is 5.07. The molecule has 10 heteroatoms. The Labute approximate surface area is 166 Å². The highest BCUT2D eigenvalue weighted by Gasteiger charge is 2.20. The minimum Gasteiger partial charge on any atom is -0.327 e. The quantitative estimate of drug-likeness (QED) is 0.340. The molecule has 3 aromatic rings. The molecule has 0 atom stereocenters. The van der Waals surface area contributed by atoms with E-state index in [1.165, 1.54) is 29.5 Å². The zero-order valence-electron chi connectivity index (χ0n) is 12.8. The van der Waals surface area contributed by atoms with Crippen molar-refractivity contribution in [2.75, 3.05) is 5.32 Å². The first-order valence-corrected chi connectivity index (χ1v) is 9.08. The van der Waals surface area contributed by atoms with E-state index in [0.29, 0.717) is 9.90 Å². The third kappa shape index (κ3) is 3.78. The fraction of sp³-hybridized carbons (Fsp3) is 0. The number of thiophene rings is 1. The maximum Gasteiger partial charge on any atom is 0.294 e. The standard InChI is InChI=1S/C16H9Cl2N3O3S2/c17-8-5-6-10(11(7-8)21(23)24)19-16(25)20-15(22)14-13(18)9-3-1-2-4-12(9)26-14/h1-7H,(H2,19,20,22,25). The zero-order valence-corrected chi connectivity index (χ0v) is 15.9. The fourth-order valence-corrected chi connectivity index (χ4v) is 4.02. The summed E-state index contributed by atoms with van der Waals surface area (Å²) >= 11 is 18.3. The van der Waals surface area contributed by atoms with E-state index in [9.17, 15) is 14.9 Å². The maximum atomic E-state index is 12.4. The van der Waals surface area contributed by atoms with E-state index in [4.69, 9.17) is 35.4 Å². The van der Waals surface area contributed by atoms with E-state index in [-0.39, 0.29) is 21.5 Å². The number of nitro benzene ring substituents is 1. The van der Waals surface area contributed by atoms with Gasteiger partial charge in [-0.05, 0) is 30.4 Å². The summed E-state index contributed by atoms with van der Waals surface area (Å²) in [6.07, 6.45) is 0. The normalized spacial score (nSPS) is 10.5. The molecule has 3 rings (SSSR count). The minimum atomic E-state index is -0.596. The molecule has 26 heavy (non-hydrogen) atoms. The van der Waals surface area contributed by atoms with Crippen molar-refractivity contribution < 1.29 is 9.72 Å². The zero-order chi connectivity index (χ0) is 18.8. The average Bonchev–Trinajstić information content (AvgIpc) is 2.93. The number of fused-ring (bicyclic) bond motifs is 1. The second-order valence-corrected chi connectivity index (χ2v) is 7.34. The lowest BCUT2D eigenvalue weighted by atomic mass is 10.2. The van der Waals surface area contributed by atoms with Crippen LogP contribution in [-0.2, 0) is 0 Å². The van der Waals surface area contributed by atoms with Crippen molar-refractivity contribution in [3.8, 4) is 0 Å². The topological polar surface area (TPSA) is 84.3 Å². The summed E-state index contributed by atoms with van der Waals surface area (Å²) in [5, 5.41) is 17.5. The molecular formula is C16H9Cl2N3O3S2. The highest BCUT2D eigenvalue weighted by Crippen LogP contribution is 2.35. The van der Waals surface area contributed by atoms with Gasteiger partial charge in [0.2, 0.25) is 0 Å². The van der Waals surface area contributed by atoms with Crippen molar-refractivity contribution in [2.45, 2.75) is 0 Å². The summed E-state index contributed by atoms with van der Waals surface area (Å²) in [4.78, 5) is 23.3. The predicted octanol–water partition coefficient (Wildman–Crippen LogP) is 5.24. The van der Waals surface area contributed by atoms with E-state index >= 15 is 0 Å². The number of anilines is 1. The Morgan fingerprint density at radius 1 is 1.19 bits per heavy atom. The van der Waals surface area contributed by atoms with Crippen molar-refractivity contribution in [1.29, 1.82) is 0 Å². The fourth-order valence-electron chi connectivity index (χ4n) is 2.24. The molecule has 2 aromatic carbocycles. The molecule has 0 fully saturated rings. The van der Waals surface area contributed by atoms with E-state index in [1.807, 2.05) is 24.3 Å². The highest BCUT2D eigenvalue weighted by atomic mass is 35.5. The number of thiocarbonyl (C=S) groups is 1. The summed E-state index contributed by atoms with van der Waals surface area (Å²) in [6.45, 7) is 0. The molecule has 0 aliphatic heterocycles. The average molecular weight is 426 g/mol. The van der Waals surface area contributed by atoms with Crippen LogP contribution in [0.2, 0.25) is 10.0 Å². The van der Waals surface area contributed by atoms with Crippen LogP contribution in [0.5, 0.6) is 0 Å². The molecule has 1 amide bonds. The summed E-state index contributed by atoms with van der Waals surface area (Å²) in [6, 6.07) is 11.4. The van der Waals surface area contributed by atoms with Crippen LogP contribution >= 0.6 is 46.8 Å². The molecule has 0 radical (unpaired) electrons. The molecule has 1 heterocycles. The largest absolute Gasteiger partial charge is 0.327 e. The SMILES string of the molecule is O=C(NC(=S)Nc1ccc(Cl)cc1[N+](=O)[O-])c1sc2ccccc2c1Cl. The van der Waals surface area contributed by atoms with Gasteiger partial charge in [-0.3, -0.25) is 20.2 Å². The van der Waals surface area contributed by atoms with Gasteiger partial charge in [-0.25, -0.2) is 0 Å². The Morgan fingerprint density at radius 2 is 1.92 bits per heavy atom. The molecule has 0 unspecified atom stereocenters. The van der Waals surface area contributed by atoms with Crippen LogP contribution in [0, 0.1) is 10.1 Å². The van der Waals surface area contributed by atoms with Gasteiger partial charge in [0.1, 0.15) is 10.6 Å². The van der Waals surface area contributed by atoms with Crippen LogP contribution in [0.25, 0.3) is 10.1 Å². The van der Waals surface area contributed by atoms with Crippen LogP contribution in [0.15, 0.2) is 42.5 Å². The monoisotopic (exact) mass is 425 g/mol. The number of carbonyl (C=O) groups excluding carboxylic acids is 1. The number of hydrogen-bond acceptors (Lipinski definition) is 5. The molecule has 0 saturated carbocycles. The Morgan fingerprint density at radius 3 is 2.62 bits per heavy atom. The van der Waals surface area contributed by atoms with Gasteiger partial charge >= 0.3 is 0 Å². The Hall–Kier alpha value is -2.26. The van der Waals surface area contributed by atoms with Gasteiger partial charge in [-0.2, -0.15) is 0 Å². The van der Waals surface area contributed by atoms with Crippen molar-refractivity contribution in [2.24, 2.45) is 0 Å². The van der Waals surface area contributed by atoms with Crippen molar-refractivity contribution in [3.63, 3.8) is 0 Å². The molecule has 0 saturated heterocycles. The van der Waals surface area contributed by atoms with Crippen LogP contribution in [0.1, 0.15) is 9.67 Å². The van der Waals surface area contributed by atoms with Gasteiger partial charge in [0.25, 0.3) is 11.6 Å². The highest BCUT2D eigenvalue weighted by molar-refractivity contribution is 7.80. The Bertz CT molecular complexity index is 1050. The van der Waals surface area contributed by atoms with Crippen molar-refractivity contribution in [3.05, 3.63) is 67.5 Å². The number of nitrogens with one attached hydrogen (secondary N) is 2. The lowest BCUT2D eigenvalue weighted by Crippen LogP contribution is -2.34. The molecule has 1 aromatic heterocycles. The third-order valence-corrected chi connectivity index (χ3v) is 5.49. The number of nitrogens with zero attached hydrogens (tertiary/aromatic N) is 1. The van der Waals surface area contributed by atoms with Crippen LogP contribution in [-0.4, -0.2) is 15.9 Å². The van der Waals surface area contributed by atoms with Gasteiger partial charge in [-0.1, -0.05) is 41.4 Å². The summed E-state index contributed by atoms with van der Waals surface area (Å²) < 4.78 is 0.870. The smallest absolute Gasteiger partial charge is 0.294 e. The first kappa shape index (κ1) is 18.5. The summed E-state index contributed by atoms with van der Waals surface area (Å²) in [5.74, 6) is -0.495. The summed E-state index contributed by atoms with van der Waals surface area (Å²) in [7, 11) is 0. The third-order valence-electron chi connectivity index (χ3n) is 3.37. The molecule has 0 spiro atoms.